The Morgan fingerprint density at radius 1 is 1.47 bits per heavy atom. The number of aromatic nitrogens is 2. The Kier molecular flexibility index (Phi) is 2.93. The lowest BCUT2D eigenvalue weighted by molar-refractivity contribution is 0.586. The van der Waals surface area contributed by atoms with E-state index in [1.54, 1.807) is 0 Å². The van der Waals surface area contributed by atoms with Crippen LogP contribution >= 0.6 is 11.6 Å². The predicted octanol–water partition coefficient (Wildman–Crippen LogP) is 2.12. The van der Waals surface area contributed by atoms with Crippen molar-refractivity contribution in [2.24, 2.45) is 11.7 Å². The molecule has 2 aromatic rings. The maximum absolute atomic E-state index is 5.89. The average molecular weight is 224 g/mol. The van der Waals surface area contributed by atoms with Gasteiger partial charge in [0.2, 0.25) is 0 Å². The minimum absolute atomic E-state index is 0.463. The Labute approximate surface area is 93.9 Å². The van der Waals surface area contributed by atoms with E-state index in [1.807, 2.05) is 28.9 Å². The molecule has 0 radical (unpaired) electrons. The topological polar surface area (TPSA) is 43.3 Å². The van der Waals surface area contributed by atoms with Crippen molar-refractivity contribution in [1.29, 1.82) is 0 Å². The van der Waals surface area contributed by atoms with E-state index in [2.05, 4.69) is 11.9 Å². The number of hydrogen-bond donors (Lipinski definition) is 1. The molecule has 0 spiro atoms. The summed E-state index contributed by atoms with van der Waals surface area (Å²) >= 11 is 5.89. The number of fused-ring (bicyclic) bond motifs is 1. The molecule has 2 N–H and O–H groups in total. The zero-order valence-corrected chi connectivity index (χ0v) is 9.41. The van der Waals surface area contributed by atoms with Gasteiger partial charge in [0.1, 0.15) is 5.65 Å². The molecule has 0 saturated carbocycles. The molecule has 1 atom stereocenters. The highest BCUT2D eigenvalue weighted by atomic mass is 35.5. The van der Waals surface area contributed by atoms with Gasteiger partial charge in [0, 0.05) is 12.4 Å². The van der Waals surface area contributed by atoms with Gasteiger partial charge in [-0.25, -0.2) is 4.98 Å². The Hall–Kier alpha value is -1.06. The largest absolute Gasteiger partial charge is 0.330 e. The number of nitrogens with two attached hydrogens (primary N) is 1. The summed E-state index contributed by atoms with van der Waals surface area (Å²) in [5.74, 6) is 0.463. The standard InChI is InChI=1S/C11H14ClN3/c1-8(5-13)4-10-7-15-6-9(12)2-3-11(15)14-10/h2-3,6-8H,4-5,13H2,1H3. The molecule has 0 saturated heterocycles. The Morgan fingerprint density at radius 2 is 2.27 bits per heavy atom. The first kappa shape index (κ1) is 10.5. The van der Waals surface area contributed by atoms with Crippen LogP contribution in [0.5, 0.6) is 0 Å². The smallest absolute Gasteiger partial charge is 0.137 e. The fourth-order valence-corrected chi connectivity index (χ4v) is 1.72. The predicted molar refractivity (Wildman–Crippen MR) is 62.1 cm³/mol. The number of hydrogen-bond acceptors (Lipinski definition) is 2. The molecule has 80 valence electrons. The highest BCUT2D eigenvalue weighted by Gasteiger charge is 2.05. The lowest BCUT2D eigenvalue weighted by atomic mass is 10.1. The summed E-state index contributed by atoms with van der Waals surface area (Å²) in [5.41, 5.74) is 7.58. The fourth-order valence-electron chi connectivity index (χ4n) is 1.56. The third-order valence-corrected chi connectivity index (χ3v) is 2.65. The molecule has 4 heteroatoms. The molecule has 0 aromatic carbocycles. The van der Waals surface area contributed by atoms with E-state index in [9.17, 15) is 0 Å². The quantitative estimate of drug-likeness (QED) is 0.866. The van der Waals surface area contributed by atoms with Gasteiger partial charge >= 0.3 is 0 Å². The lowest BCUT2D eigenvalue weighted by Gasteiger charge is -2.03. The zero-order chi connectivity index (χ0) is 10.8. The third kappa shape index (κ3) is 2.30. The van der Waals surface area contributed by atoms with Crippen molar-refractivity contribution in [3.05, 3.63) is 35.2 Å². The van der Waals surface area contributed by atoms with Crippen molar-refractivity contribution in [3.8, 4) is 0 Å². The molecular formula is C11H14ClN3. The van der Waals surface area contributed by atoms with Gasteiger partial charge < -0.3 is 10.1 Å². The van der Waals surface area contributed by atoms with Gasteiger partial charge in [-0.3, -0.25) is 0 Å². The van der Waals surface area contributed by atoms with Crippen molar-refractivity contribution in [3.63, 3.8) is 0 Å². The molecule has 0 aliphatic heterocycles. The van der Waals surface area contributed by atoms with Crippen molar-refractivity contribution < 1.29 is 0 Å². The number of nitrogens with zero attached hydrogens (tertiary/aromatic N) is 2. The van der Waals surface area contributed by atoms with Gasteiger partial charge in [-0.1, -0.05) is 18.5 Å². The SMILES string of the molecule is CC(CN)Cc1cn2cc(Cl)ccc2n1. The van der Waals surface area contributed by atoms with Gasteiger partial charge in [0.15, 0.2) is 0 Å². The van der Waals surface area contributed by atoms with Gasteiger partial charge in [-0.15, -0.1) is 0 Å². The van der Waals surface area contributed by atoms with Crippen LogP contribution < -0.4 is 5.73 Å². The number of rotatable bonds is 3. The van der Waals surface area contributed by atoms with Gasteiger partial charge in [-0.05, 0) is 31.0 Å². The molecule has 2 aromatic heterocycles. The first-order valence-electron chi connectivity index (χ1n) is 5.02. The zero-order valence-electron chi connectivity index (χ0n) is 8.65. The van der Waals surface area contributed by atoms with Crippen molar-refractivity contribution >= 4 is 17.2 Å². The minimum Gasteiger partial charge on any atom is -0.330 e. The molecule has 0 amide bonds. The van der Waals surface area contributed by atoms with Gasteiger partial charge in [0.05, 0.1) is 10.7 Å². The first-order chi connectivity index (χ1) is 7.19. The Bertz CT molecular complexity index is 464. The summed E-state index contributed by atoms with van der Waals surface area (Å²) in [7, 11) is 0. The van der Waals surface area contributed by atoms with Crippen LogP contribution in [0.15, 0.2) is 24.5 Å². The summed E-state index contributed by atoms with van der Waals surface area (Å²) < 4.78 is 1.95. The van der Waals surface area contributed by atoms with E-state index >= 15 is 0 Å². The van der Waals surface area contributed by atoms with Gasteiger partial charge in [0.25, 0.3) is 0 Å². The maximum Gasteiger partial charge on any atom is 0.137 e. The molecule has 3 nitrogen and oxygen atoms in total. The summed E-state index contributed by atoms with van der Waals surface area (Å²) in [5, 5.41) is 0.721. The first-order valence-corrected chi connectivity index (χ1v) is 5.40. The second-order valence-electron chi connectivity index (χ2n) is 3.89. The lowest BCUT2D eigenvalue weighted by Crippen LogP contribution is -2.13. The normalized spacial score (nSPS) is 13.3. The van der Waals surface area contributed by atoms with Gasteiger partial charge in [-0.2, -0.15) is 0 Å². The van der Waals surface area contributed by atoms with E-state index in [4.69, 9.17) is 17.3 Å². The monoisotopic (exact) mass is 223 g/mol. The van der Waals surface area contributed by atoms with E-state index in [0.29, 0.717) is 12.5 Å². The summed E-state index contributed by atoms with van der Waals surface area (Å²) in [6.07, 6.45) is 4.78. The number of imidazole rings is 1. The molecule has 1 unspecified atom stereocenters. The second kappa shape index (κ2) is 4.21. The van der Waals surface area contributed by atoms with Crippen molar-refractivity contribution in [2.45, 2.75) is 13.3 Å². The number of halogens is 1. The Morgan fingerprint density at radius 3 is 3.00 bits per heavy atom. The molecule has 0 fully saturated rings. The van der Waals surface area contributed by atoms with Crippen molar-refractivity contribution in [1.82, 2.24) is 9.38 Å². The van der Waals surface area contributed by atoms with E-state index in [0.717, 1.165) is 22.8 Å². The molecule has 2 rings (SSSR count). The molecule has 0 aliphatic carbocycles. The molecule has 15 heavy (non-hydrogen) atoms. The van der Waals surface area contributed by atoms with Crippen LogP contribution in [0.25, 0.3) is 5.65 Å². The molecular weight excluding hydrogens is 210 g/mol. The maximum atomic E-state index is 5.89. The fraction of sp³-hybridized carbons (Fsp3) is 0.364. The van der Waals surface area contributed by atoms with Crippen LogP contribution in [-0.2, 0) is 6.42 Å². The number of pyridine rings is 1. The second-order valence-corrected chi connectivity index (χ2v) is 4.33. The average Bonchev–Trinajstić information content (AvgIpc) is 2.59. The summed E-state index contributed by atoms with van der Waals surface area (Å²) in [6, 6.07) is 3.76. The molecule has 0 bridgehead atoms. The highest BCUT2D eigenvalue weighted by Crippen LogP contribution is 2.13. The van der Waals surface area contributed by atoms with E-state index < -0.39 is 0 Å². The summed E-state index contributed by atoms with van der Waals surface area (Å²) in [4.78, 5) is 4.49. The minimum atomic E-state index is 0.463. The molecule has 2 heterocycles. The van der Waals surface area contributed by atoms with Crippen LogP contribution in [0.1, 0.15) is 12.6 Å². The summed E-state index contributed by atoms with van der Waals surface area (Å²) in [6.45, 7) is 2.81. The third-order valence-electron chi connectivity index (χ3n) is 2.42. The van der Waals surface area contributed by atoms with Crippen LogP contribution in [0.3, 0.4) is 0 Å². The molecule has 0 aliphatic rings. The van der Waals surface area contributed by atoms with E-state index in [1.165, 1.54) is 0 Å². The van der Waals surface area contributed by atoms with Crippen LogP contribution in [-0.4, -0.2) is 15.9 Å². The van der Waals surface area contributed by atoms with E-state index in [-0.39, 0.29) is 0 Å². The Balaban J connectivity index is 2.30. The van der Waals surface area contributed by atoms with Crippen molar-refractivity contribution in [2.75, 3.05) is 6.54 Å². The highest BCUT2D eigenvalue weighted by molar-refractivity contribution is 6.30. The van der Waals surface area contributed by atoms with Crippen LogP contribution in [0.2, 0.25) is 5.02 Å². The van der Waals surface area contributed by atoms with Crippen LogP contribution in [0.4, 0.5) is 0 Å². The van der Waals surface area contributed by atoms with Crippen LogP contribution in [0, 0.1) is 5.92 Å².